The van der Waals surface area contributed by atoms with Gasteiger partial charge in [-0.15, -0.1) is 11.3 Å². The Balaban J connectivity index is 1.72. The number of likely N-dealkylation sites (tertiary alicyclic amines) is 1. The van der Waals surface area contributed by atoms with Gasteiger partial charge in [0.25, 0.3) is 5.91 Å². The molecule has 2 aliphatic rings. The first-order valence-corrected chi connectivity index (χ1v) is 9.02. The van der Waals surface area contributed by atoms with E-state index in [1.54, 1.807) is 5.38 Å². The Morgan fingerprint density at radius 3 is 2.62 bits per heavy atom. The van der Waals surface area contributed by atoms with Crippen LogP contribution in [0.15, 0.2) is 5.38 Å². The number of hydrogen-bond donors (Lipinski definition) is 1. The van der Waals surface area contributed by atoms with Gasteiger partial charge in [0.1, 0.15) is 5.69 Å². The second-order valence-electron chi connectivity index (χ2n) is 6.26. The van der Waals surface area contributed by atoms with Crippen molar-refractivity contribution in [3.8, 4) is 0 Å². The summed E-state index contributed by atoms with van der Waals surface area (Å²) in [5.74, 6) is -0.527. The second-order valence-corrected chi connectivity index (χ2v) is 7.09. The van der Waals surface area contributed by atoms with Gasteiger partial charge >= 0.3 is 6.18 Å². The maximum absolute atomic E-state index is 12.8. The summed E-state index contributed by atoms with van der Waals surface area (Å²) in [6, 6.07) is -1.22. The fourth-order valence-electron chi connectivity index (χ4n) is 3.33. The quantitative estimate of drug-likeness (QED) is 0.897. The Morgan fingerprint density at radius 1 is 1.25 bits per heavy atom. The SMILES string of the molecule is O=C(c1csc(N2CCCCC2)n1)N1CCCC1C(O)C(F)(F)F. The monoisotopic (exact) mass is 363 g/mol. The van der Waals surface area contributed by atoms with Gasteiger partial charge in [-0.05, 0) is 32.1 Å². The van der Waals surface area contributed by atoms with Crippen LogP contribution < -0.4 is 4.90 Å². The maximum atomic E-state index is 12.8. The highest BCUT2D eigenvalue weighted by atomic mass is 32.1. The molecule has 2 fully saturated rings. The number of aliphatic hydroxyl groups is 1. The third-order valence-corrected chi connectivity index (χ3v) is 5.50. The molecule has 24 heavy (non-hydrogen) atoms. The van der Waals surface area contributed by atoms with Crippen LogP contribution >= 0.6 is 11.3 Å². The third kappa shape index (κ3) is 3.51. The average molecular weight is 363 g/mol. The minimum atomic E-state index is -4.73. The van der Waals surface area contributed by atoms with Gasteiger partial charge in [-0.1, -0.05) is 0 Å². The number of thiazole rings is 1. The highest BCUT2D eigenvalue weighted by Crippen LogP contribution is 2.32. The maximum Gasteiger partial charge on any atom is 0.416 e. The lowest BCUT2D eigenvalue weighted by atomic mass is 10.1. The van der Waals surface area contributed by atoms with Crippen LogP contribution in [0.25, 0.3) is 0 Å². The predicted octanol–water partition coefficient (Wildman–Crippen LogP) is 2.66. The Labute approximate surface area is 142 Å². The molecule has 2 unspecified atom stereocenters. The summed E-state index contributed by atoms with van der Waals surface area (Å²) in [6.07, 6.45) is -3.30. The van der Waals surface area contributed by atoms with E-state index in [1.807, 2.05) is 0 Å². The molecular formula is C15H20F3N3O2S. The molecule has 2 aliphatic heterocycles. The number of rotatable bonds is 3. The van der Waals surface area contributed by atoms with Gasteiger partial charge < -0.3 is 14.9 Å². The minimum Gasteiger partial charge on any atom is -0.382 e. The Hall–Kier alpha value is -1.35. The number of carbonyl (C=O) groups excluding carboxylic acids is 1. The van der Waals surface area contributed by atoms with Crippen molar-refractivity contribution >= 4 is 22.4 Å². The lowest BCUT2D eigenvalue weighted by molar-refractivity contribution is -0.216. The zero-order chi connectivity index (χ0) is 17.3. The molecular weight excluding hydrogens is 343 g/mol. The van der Waals surface area contributed by atoms with E-state index < -0.39 is 24.2 Å². The van der Waals surface area contributed by atoms with Crippen LogP contribution in [0, 0.1) is 0 Å². The van der Waals surface area contributed by atoms with E-state index in [1.165, 1.54) is 17.8 Å². The van der Waals surface area contributed by atoms with Crippen molar-refractivity contribution in [3.63, 3.8) is 0 Å². The van der Waals surface area contributed by atoms with Gasteiger partial charge in [-0.3, -0.25) is 4.79 Å². The summed E-state index contributed by atoms with van der Waals surface area (Å²) in [4.78, 5) is 20.1. The van der Waals surface area contributed by atoms with Gasteiger partial charge in [-0.25, -0.2) is 4.98 Å². The van der Waals surface area contributed by atoms with E-state index in [-0.39, 0.29) is 18.7 Å². The molecule has 1 aromatic heterocycles. The number of hydrogen-bond acceptors (Lipinski definition) is 5. The number of aromatic nitrogens is 1. The van der Waals surface area contributed by atoms with E-state index in [0.29, 0.717) is 6.42 Å². The molecule has 1 aromatic rings. The molecule has 0 aliphatic carbocycles. The van der Waals surface area contributed by atoms with Crippen LogP contribution in [-0.4, -0.2) is 58.9 Å². The van der Waals surface area contributed by atoms with Crippen molar-refractivity contribution in [1.29, 1.82) is 0 Å². The standard InChI is InChI=1S/C15H20F3N3O2S/c16-15(17,18)12(22)11-5-4-8-21(11)13(23)10-9-24-14(19-10)20-6-2-1-3-7-20/h9,11-12,22H,1-8H2. The van der Waals surface area contributed by atoms with E-state index in [4.69, 9.17) is 0 Å². The molecule has 5 nitrogen and oxygen atoms in total. The molecule has 2 saturated heterocycles. The van der Waals surface area contributed by atoms with Crippen LogP contribution in [0.2, 0.25) is 0 Å². The van der Waals surface area contributed by atoms with Gasteiger partial charge in [-0.2, -0.15) is 13.2 Å². The summed E-state index contributed by atoms with van der Waals surface area (Å²) in [5, 5.41) is 11.9. The van der Waals surface area contributed by atoms with Crippen molar-refractivity contribution in [2.45, 2.75) is 50.4 Å². The molecule has 0 radical (unpaired) electrons. The number of alkyl halides is 3. The minimum absolute atomic E-state index is 0.148. The van der Waals surface area contributed by atoms with Crippen molar-refractivity contribution in [2.24, 2.45) is 0 Å². The van der Waals surface area contributed by atoms with E-state index in [9.17, 15) is 23.1 Å². The van der Waals surface area contributed by atoms with E-state index >= 15 is 0 Å². The molecule has 1 N–H and O–H groups in total. The van der Waals surface area contributed by atoms with Crippen LogP contribution in [0.3, 0.4) is 0 Å². The lowest BCUT2D eigenvalue weighted by Gasteiger charge is -2.29. The number of carbonyl (C=O) groups is 1. The molecule has 0 bridgehead atoms. The lowest BCUT2D eigenvalue weighted by Crippen LogP contribution is -2.49. The largest absolute Gasteiger partial charge is 0.416 e. The number of nitrogens with zero attached hydrogens (tertiary/aromatic N) is 3. The zero-order valence-corrected chi connectivity index (χ0v) is 13.9. The van der Waals surface area contributed by atoms with Crippen molar-refractivity contribution in [2.75, 3.05) is 24.5 Å². The van der Waals surface area contributed by atoms with Crippen molar-refractivity contribution in [3.05, 3.63) is 11.1 Å². The first-order valence-electron chi connectivity index (χ1n) is 8.14. The molecule has 3 heterocycles. The molecule has 3 rings (SSSR count). The van der Waals surface area contributed by atoms with Gasteiger partial charge in [0.05, 0.1) is 6.04 Å². The predicted molar refractivity (Wildman–Crippen MR) is 84.3 cm³/mol. The van der Waals surface area contributed by atoms with Crippen LogP contribution in [0.1, 0.15) is 42.6 Å². The molecule has 0 spiro atoms. The Kier molecular flexibility index (Phi) is 5.00. The van der Waals surface area contributed by atoms with E-state index in [0.717, 1.165) is 36.0 Å². The second kappa shape index (κ2) is 6.87. The number of aliphatic hydroxyl groups excluding tert-OH is 1. The van der Waals surface area contributed by atoms with Gasteiger partial charge in [0.15, 0.2) is 11.2 Å². The number of piperidine rings is 1. The van der Waals surface area contributed by atoms with Gasteiger partial charge in [0, 0.05) is 25.0 Å². The third-order valence-electron chi connectivity index (χ3n) is 4.60. The average Bonchev–Trinajstić information content (AvgIpc) is 3.23. The number of halogens is 3. The summed E-state index contributed by atoms with van der Waals surface area (Å²) in [6.45, 7) is 1.99. The Bertz CT molecular complexity index is 587. The first-order chi connectivity index (χ1) is 11.4. The smallest absolute Gasteiger partial charge is 0.382 e. The van der Waals surface area contributed by atoms with Crippen LogP contribution in [0.5, 0.6) is 0 Å². The Morgan fingerprint density at radius 2 is 1.96 bits per heavy atom. The number of anilines is 1. The summed E-state index contributed by atoms with van der Waals surface area (Å²) < 4.78 is 38.3. The molecule has 2 atom stereocenters. The molecule has 134 valence electrons. The molecule has 1 amide bonds. The zero-order valence-electron chi connectivity index (χ0n) is 13.1. The fourth-order valence-corrected chi connectivity index (χ4v) is 4.18. The summed E-state index contributed by atoms with van der Waals surface area (Å²) in [7, 11) is 0. The molecule has 0 aromatic carbocycles. The molecule has 0 saturated carbocycles. The van der Waals surface area contributed by atoms with Crippen molar-refractivity contribution in [1.82, 2.24) is 9.88 Å². The normalized spacial score (nSPS) is 23.6. The van der Waals surface area contributed by atoms with Crippen LogP contribution in [-0.2, 0) is 0 Å². The van der Waals surface area contributed by atoms with E-state index in [2.05, 4.69) is 9.88 Å². The number of amides is 1. The first kappa shape index (κ1) is 17.5. The fraction of sp³-hybridized carbons (Fsp3) is 0.733. The van der Waals surface area contributed by atoms with Gasteiger partial charge in [0.2, 0.25) is 0 Å². The molecule has 9 heteroatoms. The highest BCUT2D eigenvalue weighted by molar-refractivity contribution is 7.13. The highest BCUT2D eigenvalue weighted by Gasteiger charge is 2.48. The van der Waals surface area contributed by atoms with Crippen molar-refractivity contribution < 1.29 is 23.1 Å². The van der Waals surface area contributed by atoms with Crippen LogP contribution in [0.4, 0.5) is 18.3 Å². The summed E-state index contributed by atoms with van der Waals surface area (Å²) >= 11 is 1.34. The summed E-state index contributed by atoms with van der Waals surface area (Å²) in [5.41, 5.74) is 0.168. The topological polar surface area (TPSA) is 56.7 Å².